The summed E-state index contributed by atoms with van der Waals surface area (Å²) >= 11 is 0. The lowest BCUT2D eigenvalue weighted by Gasteiger charge is -2.09. The van der Waals surface area contributed by atoms with Crippen molar-refractivity contribution in [3.8, 4) is 5.75 Å². The molecule has 132 valence electrons. The quantitative estimate of drug-likeness (QED) is 0.754. The van der Waals surface area contributed by atoms with E-state index in [0.717, 1.165) is 0 Å². The van der Waals surface area contributed by atoms with Crippen molar-refractivity contribution in [1.82, 2.24) is 10.6 Å². The minimum Gasteiger partial charge on any atom is -0.484 e. The monoisotopic (exact) mass is 348 g/mol. The van der Waals surface area contributed by atoms with Crippen molar-refractivity contribution in [3.05, 3.63) is 65.2 Å². The van der Waals surface area contributed by atoms with Crippen LogP contribution in [0.25, 0.3) is 0 Å². The minimum absolute atomic E-state index is 0.191. The highest BCUT2D eigenvalue weighted by molar-refractivity contribution is 5.94. The SMILES string of the molecule is Cc1ccc(C(=O)NCCNC(=O)COc2ccc(F)cc2)cc1F. The Morgan fingerprint density at radius 3 is 2.36 bits per heavy atom. The van der Waals surface area contributed by atoms with Crippen molar-refractivity contribution in [3.63, 3.8) is 0 Å². The average molecular weight is 348 g/mol. The fourth-order valence-corrected chi connectivity index (χ4v) is 1.94. The summed E-state index contributed by atoms with van der Waals surface area (Å²) in [6.07, 6.45) is 0. The van der Waals surface area contributed by atoms with E-state index in [2.05, 4.69) is 10.6 Å². The number of amides is 2. The molecule has 0 radical (unpaired) electrons. The van der Waals surface area contributed by atoms with E-state index >= 15 is 0 Å². The molecule has 0 unspecified atom stereocenters. The lowest BCUT2D eigenvalue weighted by Crippen LogP contribution is -2.36. The van der Waals surface area contributed by atoms with Crippen LogP contribution in [0.5, 0.6) is 5.75 Å². The van der Waals surface area contributed by atoms with Gasteiger partial charge in [0, 0.05) is 18.7 Å². The Hall–Kier alpha value is -2.96. The van der Waals surface area contributed by atoms with Crippen LogP contribution in [0, 0.1) is 18.6 Å². The van der Waals surface area contributed by atoms with Gasteiger partial charge in [-0.15, -0.1) is 0 Å². The third kappa shape index (κ3) is 5.87. The van der Waals surface area contributed by atoms with E-state index < -0.39 is 11.7 Å². The zero-order valence-electron chi connectivity index (χ0n) is 13.6. The molecule has 0 aliphatic heterocycles. The molecular formula is C18H18F2N2O3. The van der Waals surface area contributed by atoms with E-state index in [1.165, 1.54) is 42.5 Å². The molecule has 2 N–H and O–H groups in total. The molecule has 0 aliphatic rings. The molecule has 0 bridgehead atoms. The first-order valence-electron chi connectivity index (χ1n) is 7.65. The number of hydrogen-bond acceptors (Lipinski definition) is 3. The van der Waals surface area contributed by atoms with Crippen molar-refractivity contribution >= 4 is 11.8 Å². The summed E-state index contributed by atoms with van der Waals surface area (Å²) in [5.74, 6) is -1.25. The molecule has 2 aromatic carbocycles. The molecule has 0 saturated heterocycles. The van der Waals surface area contributed by atoms with Crippen LogP contribution >= 0.6 is 0 Å². The molecule has 0 heterocycles. The molecule has 0 saturated carbocycles. The van der Waals surface area contributed by atoms with Crippen LogP contribution in [0.3, 0.4) is 0 Å². The Labute approximate surface area is 144 Å². The fourth-order valence-electron chi connectivity index (χ4n) is 1.94. The molecule has 2 amide bonds. The van der Waals surface area contributed by atoms with Gasteiger partial charge in [-0.2, -0.15) is 0 Å². The largest absolute Gasteiger partial charge is 0.484 e. The van der Waals surface area contributed by atoms with Gasteiger partial charge in [-0.3, -0.25) is 9.59 Å². The van der Waals surface area contributed by atoms with Crippen LogP contribution in [0.2, 0.25) is 0 Å². The highest BCUT2D eigenvalue weighted by Crippen LogP contribution is 2.10. The molecule has 0 aromatic heterocycles. The van der Waals surface area contributed by atoms with Crippen molar-refractivity contribution in [2.24, 2.45) is 0 Å². The second kappa shape index (κ2) is 8.77. The van der Waals surface area contributed by atoms with Gasteiger partial charge in [0.25, 0.3) is 11.8 Å². The van der Waals surface area contributed by atoms with E-state index in [4.69, 9.17) is 4.74 Å². The van der Waals surface area contributed by atoms with E-state index in [1.54, 1.807) is 6.92 Å². The first kappa shape index (κ1) is 18.4. The lowest BCUT2D eigenvalue weighted by atomic mass is 10.1. The van der Waals surface area contributed by atoms with E-state index in [0.29, 0.717) is 11.3 Å². The standard InChI is InChI=1S/C18H18F2N2O3/c1-12-2-3-13(10-16(12)20)18(24)22-9-8-21-17(23)11-25-15-6-4-14(19)5-7-15/h2-7,10H,8-9,11H2,1H3,(H,21,23)(H,22,24). The summed E-state index contributed by atoms with van der Waals surface area (Å²) in [6, 6.07) is 9.53. The zero-order valence-corrected chi connectivity index (χ0v) is 13.6. The number of ether oxygens (including phenoxy) is 1. The summed E-state index contributed by atoms with van der Waals surface area (Å²) in [6.45, 7) is 1.78. The van der Waals surface area contributed by atoms with Crippen LogP contribution < -0.4 is 15.4 Å². The van der Waals surface area contributed by atoms with Gasteiger partial charge in [0.05, 0.1) is 0 Å². The van der Waals surface area contributed by atoms with Crippen molar-refractivity contribution < 1.29 is 23.1 Å². The number of rotatable bonds is 7. The second-order valence-electron chi connectivity index (χ2n) is 5.31. The Balaban J connectivity index is 1.66. The third-order valence-electron chi connectivity index (χ3n) is 3.35. The normalized spacial score (nSPS) is 10.2. The smallest absolute Gasteiger partial charge is 0.258 e. The molecule has 0 spiro atoms. The summed E-state index contributed by atoms with van der Waals surface area (Å²) in [5.41, 5.74) is 0.680. The predicted molar refractivity (Wildman–Crippen MR) is 88.4 cm³/mol. The number of nitrogens with one attached hydrogen (secondary N) is 2. The van der Waals surface area contributed by atoms with Gasteiger partial charge in [0.2, 0.25) is 0 Å². The van der Waals surface area contributed by atoms with Crippen LogP contribution in [-0.4, -0.2) is 31.5 Å². The number of carbonyl (C=O) groups excluding carboxylic acids is 2. The first-order valence-corrected chi connectivity index (χ1v) is 7.65. The summed E-state index contributed by atoms with van der Waals surface area (Å²) in [5, 5.41) is 5.14. The lowest BCUT2D eigenvalue weighted by molar-refractivity contribution is -0.123. The highest BCUT2D eigenvalue weighted by Gasteiger charge is 2.08. The van der Waals surface area contributed by atoms with Gasteiger partial charge < -0.3 is 15.4 Å². The number of benzene rings is 2. The summed E-state index contributed by atoms with van der Waals surface area (Å²) in [4.78, 5) is 23.5. The summed E-state index contributed by atoms with van der Waals surface area (Å²) < 4.78 is 31.3. The van der Waals surface area contributed by atoms with E-state index in [9.17, 15) is 18.4 Å². The number of halogens is 2. The van der Waals surface area contributed by atoms with Gasteiger partial charge in [0.1, 0.15) is 17.4 Å². The maximum absolute atomic E-state index is 13.4. The van der Waals surface area contributed by atoms with Gasteiger partial charge in [-0.1, -0.05) is 6.07 Å². The number of carbonyl (C=O) groups is 2. The second-order valence-corrected chi connectivity index (χ2v) is 5.31. The van der Waals surface area contributed by atoms with Gasteiger partial charge >= 0.3 is 0 Å². The molecule has 0 atom stereocenters. The molecule has 5 nitrogen and oxygen atoms in total. The van der Waals surface area contributed by atoms with E-state index in [-0.39, 0.29) is 37.0 Å². The summed E-state index contributed by atoms with van der Waals surface area (Å²) in [7, 11) is 0. The fraction of sp³-hybridized carbons (Fsp3) is 0.222. The van der Waals surface area contributed by atoms with Crippen LogP contribution in [0.15, 0.2) is 42.5 Å². The Bertz CT molecular complexity index is 748. The maximum Gasteiger partial charge on any atom is 0.258 e. The highest BCUT2D eigenvalue weighted by atomic mass is 19.1. The van der Waals surface area contributed by atoms with Crippen LogP contribution in [0.1, 0.15) is 15.9 Å². The molecule has 0 fully saturated rings. The van der Waals surface area contributed by atoms with Crippen molar-refractivity contribution in [2.75, 3.05) is 19.7 Å². The van der Waals surface area contributed by atoms with Gasteiger partial charge in [-0.25, -0.2) is 8.78 Å². The van der Waals surface area contributed by atoms with Crippen molar-refractivity contribution in [2.45, 2.75) is 6.92 Å². The van der Waals surface area contributed by atoms with Crippen LogP contribution in [0.4, 0.5) is 8.78 Å². The third-order valence-corrected chi connectivity index (χ3v) is 3.35. The molecule has 2 rings (SSSR count). The Kier molecular flexibility index (Phi) is 6.45. The number of hydrogen-bond donors (Lipinski definition) is 2. The Morgan fingerprint density at radius 1 is 1.00 bits per heavy atom. The molecule has 7 heteroatoms. The van der Waals surface area contributed by atoms with Crippen LogP contribution in [-0.2, 0) is 4.79 Å². The predicted octanol–water partition coefficient (Wildman–Crippen LogP) is 2.20. The molecule has 25 heavy (non-hydrogen) atoms. The molecule has 2 aromatic rings. The molecule has 0 aliphatic carbocycles. The van der Waals surface area contributed by atoms with Gasteiger partial charge in [0.15, 0.2) is 6.61 Å². The maximum atomic E-state index is 13.4. The van der Waals surface area contributed by atoms with E-state index in [1.807, 2.05) is 0 Å². The van der Waals surface area contributed by atoms with Crippen molar-refractivity contribution in [1.29, 1.82) is 0 Å². The Morgan fingerprint density at radius 2 is 1.68 bits per heavy atom. The van der Waals surface area contributed by atoms with Gasteiger partial charge in [-0.05, 0) is 48.9 Å². The first-order chi connectivity index (χ1) is 12.0. The average Bonchev–Trinajstić information content (AvgIpc) is 2.60. The molecular weight excluding hydrogens is 330 g/mol. The number of aryl methyl sites for hydroxylation is 1. The minimum atomic E-state index is -0.445. The topological polar surface area (TPSA) is 67.4 Å². The zero-order chi connectivity index (χ0) is 18.2.